The number of nitro benzene ring substituents is 1. The van der Waals surface area contributed by atoms with Crippen LogP contribution < -0.4 is 5.32 Å². The summed E-state index contributed by atoms with van der Waals surface area (Å²) in [4.78, 5) is 10.8. The Hall–Kier alpha value is -1.29. The van der Waals surface area contributed by atoms with Crippen LogP contribution in [0.5, 0.6) is 0 Å². The number of hydrogen-bond donors (Lipinski definition) is 1. The molecule has 1 aromatic rings. The van der Waals surface area contributed by atoms with Crippen LogP contribution in [0.1, 0.15) is 46.0 Å². The van der Waals surface area contributed by atoms with E-state index in [9.17, 15) is 10.1 Å². The SMILES string of the molecule is CC(C)CC1(CNc2cccc(Cl)c2[N+](=O)[O-])CCCC1. The van der Waals surface area contributed by atoms with Crippen LogP contribution >= 0.6 is 11.6 Å². The second-order valence-corrected chi connectivity index (χ2v) is 6.96. The van der Waals surface area contributed by atoms with Gasteiger partial charge in [0.05, 0.1) is 4.92 Å². The number of nitrogens with zero attached hydrogens (tertiary/aromatic N) is 1. The Labute approximate surface area is 131 Å². The Bertz CT molecular complexity index is 511. The Morgan fingerprint density at radius 2 is 2.05 bits per heavy atom. The number of halogens is 1. The zero-order valence-corrected chi connectivity index (χ0v) is 13.4. The van der Waals surface area contributed by atoms with Gasteiger partial charge in [-0.05, 0) is 42.7 Å². The van der Waals surface area contributed by atoms with E-state index in [0.29, 0.717) is 11.6 Å². The third kappa shape index (κ3) is 3.88. The van der Waals surface area contributed by atoms with E-state index in [4.69, 9.17) is 11.6 Å². The van der Waals surface area contributed by atoms with E-state index in [2.05, 4.69) is 19.2 Å². The number of rotatable bonds is 6. The summed E-state index contributed by atoms with van der Waals surface area (Å²) in [7, 11) is 0. The normalized spacial score (nSPS) is 17.1. The molecule has 0 saturated heterocycles. The first-order valence-corrected chi connectivity index (χ1v) is 7.98. The lowest BCUT2D eigenvalue weighted by atomic mass is 9.78. The van der Waals surface area contributed by atoms with Crippen molar-refractivity contribution in [2.75, 3.05) is 11.9 Å². The van der Waals surface area contributed by atoms with Gasteiger partial charge in [-0.15, -0.1) is 0 Å². The maximum absolute atomic E-state index is 11.2. The van der Waals surface area contributed by atoms with Gasteiger partial charge in [-0.1, -0.05) is 44.4 Å². The van der Waals surface area contributed by atoms with Gasteiger partial charge >= 0.3 is 5.69 Å². The number of benzene rings is 1. The van der Waals surface area contributed by atoms with Crippen molar-refractivity contribution in [2.24, 2.45) is 11.3 Å². The van der Waals surface area contributed by atoms with Crippen molar-refractivity contribution in [3.63, 3.8) is 0 Å². The maximum atomic E-state index is 11.2. The second kappa shape index (κ2) is 6.65. The lowest BCUT2D eigenvalue weighted by molar-refractivity contribution is -0.383. The van der Waals surface area contributed by atoms with Gasteiger partial charge in [-0.3, -0.25) is 10.1 Å². The van der Waals surface area contributed by atoms with Gasteiger partial charge in [-0.25, -0.2) is 0 Å². The predicted octanol–water partition coefficient (Wildman–Crippen LogP) is 5.27. The molecule has 0 bridgehead atoms. The van der Waals surface area contributed by atoms with E-state index in [1.54, 1.807) is 18.2 Å². The molecule has 0 spiro atoms. The standard InChI is InChI=1S/C16H23ClN2O2/c1-12(2)10-16(8-3-4-9-16)11-18-14-7-5-6-13(17)15(14)19(20)21/h5-7,12,18H,3-4,8-11H2,1-2H3. The topological polar surface area (TPSA) is 55.2 Å². The van der Waals surface area contributed by atoms with E-state index >= 15 is 0 Å². The van der Waals surface area contributed by atoms with E-state index in [1.807, 2.05) is 0 Å². The molecule has 1 aromatic carbocycles. The minimum Gasteiger partial charge on any atom is -0.379 e. The van der Waals surface area contributed by atoms with Crippen molar-refractivity contribution in [1.29, 1.82) is 0 Å². The van der Waals surface area contributed by atoms with E-state index in [1.165, 1.54) is 25.7 Å². The minimum absolute atomic E-state index is 0.0168. The van der Waals surface area contributed by atoms with Crippen LogP contribution in [-0.2, 0) is 0 Å². The van der Waals surface area contributed by atoms with Crippen LogP contribution in [0.15, 0.2) is 18.2 Å². The Balaban J connectivity index is 2.15. The first-order chi connectivity index (χ1) is 9.93. The molecule has 1 fully saturated rings. The summed E-state index contributed by atoms with van der Waals surface area (Å²) >= 11 is 5.96. The molecule has 0 unspecified atom stereocenters. The van der Waals surface area contributed by atoms with Crippen LogP contribution in [0.2, 0.25) is 5.02 Å². The van der Waals surface area contributed by atoms with Crippen molar-refractivity contribution >= 4 is 23.0 Å². The number of anilines is 1. The Morgan fingerprint density at radius 3 is 2.62 bits per heavy atom. The molecule has 1 saturated carbocycles. The molecule has 4 nitrogen and oxygen atoms in total. The first-order valence-electron chi connectivity index (χ1n) is 7.60. The highest BCUT2D eigenvalue weighted by Crippen LogP contribution is 2.44. The third-order valence-corrected chi connectivity index (χ3v) is 4.63. The van der Waals surface area contributed by atoms with Crippen LogP contribution in [0.25, 0.3) is 0 Å². The fraction of sp³-hybridized carbons (Fsp3) is 0.625. The molecule has 5 heteroatoms. The smallest absolute Gasteiger partial charge is 0.310 e. The highest BCUT2D eigenvalue weighted by Gasteiger charge is 2.34. The number of para-hydroxylation sites is 1. The molecule has 0 aliphatic heterocycles. The van der Waals surface area contributed by atoms with Crippen molar-refractivity contribution in [3.05, 3.63) is 33.3 Å². The minimum atomic E-state index is -0.408. The molecule has 1 N–H and O–H groups in total. The summed E-state index contributed by atoms with van der Waals surface area (Å²) in [6.45, 7) is 5.26. The summed E-state index contributed by atoms with van der Waals surface area (Å²) in [5, 5.41) is 14.7. The number of nitro groups is 1. The van der Waals surface area contributed by atoms with Crippen molar-refractivity contribution < 1.29 is 4.92 Å². The predicted molar refractivity (Wildman–Crippen MR) is 87.0 cm³/mol. The monoisotopic (exact) mass is 310 g/mol. The van der Waals surface area contributed by atoms with Gasteiger partial charge in [-0.2, -0.15) is 0 Å². The highest BCUT2D eigenvalue weighted by atomic mass is 35.5. The Morgan fingerprint density at radius 1 is 1.38 bits per heavy atom. The number of hydrogen-bond acceptors (Lipinski definition) is 3. The van der Waals surface area contributed by atoms with Crippen molar-refractivity contribution in [1.82, 2.24) is 0 Å². The summed E-state index contributed by atoms with van der Waals surface area (Å²) < 4.78 is 0. The van der Waals surface area contributed by atoms with Crippen LogP contribution in [-0.4, -0.2) is 11.5 Å². The molecule has 21 heavy (non-hydrogen) atoms. The fourth-order valence-electron chi connectivity index (χ4n) is 3.57. The quantitative estimate of drug-likeness (QED) is 0.575. The molecule has 2 rings (SSSR count). The molecular formula is C16H23ClN2O2. The molecule has 0 aromatic heterocycles. The summed E-state index contributed by atoms with van der Waals surface area (Å²) in [6, 6.07) is 5.05. The molecule has 0 heterocycles. The third-order valence-electron chi connectivity index (χ3n) is 4.33. The van der Waals surface area contributed by atoms with Crippen LogP contribution in [0.3, 0.4) is 0 Å². The average Bonchev–Trinajstić information content (AvgIpc) is 2.84. The molecule has 0 atom stereocenters. The second-order valence-electron chi connectivity index (χ2n) is 6.55. The van der Waals surface area contributed by atoms with E-state index in [-0.39, 0.29) is 16.1 Å². The molecule has 0 amide bonds. The lowest BCUT2D eigenvalue weighted by Gasteiger charge is -2.31. The Kier molecular flexibility index (Phi) is 5.09. The first kappa shape index (κ1) is 16.1. The maximum Gasteiger partial charge on any atom is 0.310 e. The summed E-state index contributed by atoms with van der Waals surface area (Å²) in [5.41, 5.74) is 0.782. The summed E-state index contributed by atoms with van der Waals surface area (Å²) in [6.07, 6.45) is 6.07. The largest absolute Gasteiger partial charge is 0.379 e. The highest BCUT2D eigenvalue weighted by molar-refractivity contribution is 6.33. The fourth-order valence-corrected chi connectivity index (χ4v) is 3.81. The van der Waals surface area contributed by atoms with Crippen LogP contribution in [0.4, 0.5) is 11.4 Å². The molecule has 116 valence electrons. The van der Waals surface area contributed by atoms with Gasteiger partial charge in [0.1, 0.15) is 10.7 Å². The van der Waals surface area contributed by atoms with E-state index < -0.39 is 4.92 Å². The molecular weight excluding hydrogens is 288 g/mol. The van der Waals surface area contributed by atoms with Gasteiger partial charge in [0.25, 0.3) is 0 Å². The van der Waals surface area contributed by atoms with Gasteiger partial charge < -0.3 is 5.32 Å². The van der Waals surface area contributed by atoms with Gasteiger partial charge in [0, 0.05) is 6.54 Å². The van der Waals surface area contributed by atoms with Gasteiger partial charge in [0.15, 0.2) is 0 Å². The zero-order chi connectivity index (χ0) is 15.5. The van der Waals surface area contributed by atoms with Crippen molar-refractivity contribution in [3.8, 4) is 0 Å². The summed E-state index contributed by atoms with van der Waals surface area (Å²) in [5.74, 6) is 0.638. The zero-order valence-electron chi connectivity index (χ0n) is 12.7. The molecule has 1 aliphatic carbocycles. The number of nitrogens with one attached hydrogen (secondary N) is 1. The van der Waals surface area contributed by atoms with Crippen LogP contribution in [0, 0.1) is 21.4 Å². The average molecular weight is 311 g/mol. The van der Waals surface area contributed by atoms with Gasteiger partial charge in [0.2, 0.25) is 0 Å². The molecule has 1 aliphatic rings. The lowest BCUT2D eigenvalue weighted by Crippen LogP contribution is -2.28. The van der Waals surface area contributed by atoms with Crippen molar-refractivity contribution in [2.45, 2.75) is 46.0 Å². The van der Waals surface area contributed by atoms with E-state index in [0.717, 1.165) is 13.0 Å². The molecule has 0 radical (unpaired) electrons.